The second-order valence-corrected chi connectivity index (χ2v) is 5.52. The Bertz CT molecular complexity index is 673. The second kappa shape index (κ2) is 7.61. The first-order valence-corrected chi connectivity index (χ1v) is 7.31. The summed E-state index contributed by atoms with van der Waals surface area (Å²) in [4.78, 5) is 22.5. The third kappa shape index (κ3) is 5.21. The lowest BCUT2D eigenvalue weighted by atomic mass is 10.1. The summed E-state index contributed by atoms with van der Waals surface area (Å²) < 4.78 is 5.80. The van der Waals surface area contributed by atoms with E-state index in [1.54, 1.807) is 18.2 Å². The lowest BCUT2D eigenvalue weighted by Gasteiger charge is -2.09. The van der Waals surface area contributed by atoms with Crippen LogP contribution in [0.3, 0.4) is 0 Å². The molecule has 22 heavy (non-hydrogen) atoms. The van der Waals surface area contributed by atoms with Crippen molar-refractivity contribution in [3.63, 3.8) is 0 Å². The highest BCUT2D eigenvalue weighted by Crippen LogP contribution is 2.20. The van der Waals surface area contributed by atoms with Crippen LogP contribution in [0.1, 0.15) is 11.1 Å². The fourth-order valence-corrected chi connectivity index (χ4v) is 2.42. The normalized spacial score (nSPS) is 10.0. The van der Waals surface area contributed by atoms with Gasteiger partial charge in [0, 0.05) is 10.2 Å². The van der Waals surface area contributed by atoms with Gasteiger partial charge in [0.15, 0.2) is 0 Å². The smallest absolute Gasteiger partial charge is 0.411 e. The van der Waals surface area contributed by atoms with E-state index in [2.05, 4.69) is 21.2 Å². The van der Waals surface area contributed by atoms with Crippen molar-refractivity contribution in [3.05, 3.63) is 64.1 Å². The summed E-state index contributed by atoms with van der Waals surface area (Å²) in [5.74, 6) is -0.935. The molecule has 2 aromatic rings. The number of carboxylic acid groups (broad SMARTS) is 1. The highest BCUT2D eigenvalue weighted by atomic mass is 79.9. The van der Waals surface area contributed by atoms with Crippen LogP contribution in [0.4, 0.5) is 10.5 Å². The molecule has 2 aromatic carbocycles. The number of carbonyl (C=O) groups excluding carboxylic acids is 1. The van der Waals surface area contributed by atoms with Crippen LogP contribution >= 0.6 is 15.9 Å². The number of rotatable bonds is 5. The molecule has 0 heterocycles. The summed E-state index contributed by atoms with van der Waals surface area (Å²) in [5.41, 5.74) is 1.95. The quantitative estimate of drug-likeness (QED) is 0.846. The second-order valence-electron chi connectivity index (χ2n) is 4.61. The summed E-state index contributed by atoms with van der Waals surface area (Å²) in [7, 11) is 0. The number of nitrogens with one attached hydrogen (secondary N) is 1. The maximum absolute atomic E-state index is 11.8. The standard InChI is InChI=1S/C16H14BrNO4/c17-13-6-12(8-15(19)20)7-14(9-13)18-16(21)22-10-11-4-2-1-3-5-11/h1-7,9H,8,10H2,(H,18,21)(H,19,20). The lowest BCUT2D eigenvalue weighted by Crippen LogP contribution is -2.14. The van der Waals surface area contributed by atoms with Crippen molar-refractivity contribution in [2.24, 2.45) is 0 Å². The van der Waals surface area contributed by atoms with E-state index in [1.807, 2.05) is 30.3 Å². The molecule has 0 saturated carbocycles. The van der Waals surface area contributed by atoms with Crippen molar-refractivity contribution in [2.75, 3.05) is 5.32 Å². The van der Waals surface area contributed by atoms with E-state index in [-0.39, 0.29) is 13.0 Å². The molecule has 0 aliphatic heterocycles. The molecule has 5 nitrogen and oxygen atoms in total. The fraction of sp³-hybridized carbons (Fsp3) is 0.125. The number of amides is 1. The molecule has 114 valence electrons. The van der Waals surface area contributed by atoms with Crippen LogP contribution in [-0.2, 0) is 22.6 Å². The minimum Gasteiger partial charge on any atom is -0.481 e. The van der Waals surface area contributed by atoms with Crippen molar-refractivity contribution in [1.29, 1.82) is 0 Å². The maximum Gasteiger partial charge on any atom is 0.411 e. The zero-order valence-corrected chi connectivity index (χ0v) is 13.2. The van der Waals surface area contributed by atoms with E-state index in [0.29, 0.717) is 15.7 Å². The molecule has 1 amide bonds. The third-order valence-electron chi connectivity index (χ3n) is 2.77. The summed E-state index contributed by atoms with van der Waals surface area (Å²) in [6, 6.07) is 14.3. The average Bonchev–Trinajstić information content (AvgIpc) is 2.45. The van der Waals surface area contributed by atoms with E-state index in [9.17, 15) is 9.59 Å². The average molecular weight is 364 g/mol. The molecule has 0 spiro atoms. The Morgan fingerprint density at radius 3 is 2.50 bits per heavy atom. The van der Waals surface area contributed by atoms with Crippen LogP contribution in [0.5, 0.6) is 0 Å². The van der Waals surface area contributed by atoms with Gasteiger partial charge in [-0.05, 0) is 29.3 Å². The monoisotopic (exact) mass is 363 g/mol. The van der Waals surface area contributed by atoms with Gasteiger partial charge in [0.1, 0.15) is 6.61 Å². The van der Waals surface area contributed by atoms with Crippen LogP contribution in [0.15, 0.2) is 53.0 Å². The number of anilines is 1. The first-order valence-electron chi connectivity index (χ1n) is 6.52. The van der Waals surface area contributed by atoms with Crippen LogP contribution in [0.2, 0.25) is 0 Å². The minimum absolute atomic E-state index is 0.118. The number of aliphatic carboxylic acids is 1. The molecule has 6 heteroatoms. The van der Waals surface area contributed by atoms with Crippen molar-refractivity contribution in [2.45, 2.75) is 13.0 Å². The van der Waals surface area contributed by atoms with Gasteiger partial charge in [0.25, 0.3) is 0 Å². The van der Waals surface area contributed by atoms with E-state index in [4.69, 9.17) is 9.84 Å². The Balaban J connectivity index is 1.96. The van der Waals surface area contributed by atoms with Gasteiger partial charge >= 0.3 is 12.1 Å². The summed E-state index contributed by atoms with van der Waals surface area (Å²) in [6.07, 6.45) is -0.712. The predicted molar refractivity (Wildman–Crippen MR) is 85.7 cm³/mol. The van der Waals surface area contributed by atoms with E-state index in [0.717, 1.165) is 5.56 Å². The first kappa shape index (κ1) is 16.0. The van der Waals surface area contributed by atoms with E-state index in [1.165, 1.54) is 0 Å². The number of ether oxygens (including phenoxy) is 1. The number of carboxylic acids is 1. The van der Waals surface area contributed by atoms with E-state index >= 15 is 0 Å². The number of hydrogen-bond acceptors (Lipinski definition) is 3. The van der Waals surface area contributed by atoms with Crippen molar-refractivity contribution in [1.82, 2.24) is 0 Å². The molecule has 2 rings (SSSR count). The molecule has 0 aliphatic carbocycles. The Morgan fingerprint density at radius 2 is 1.82 bits per heavy atom. The number of carbonyl (C=O) groups is 2. The fourth-order valence-electron chi connectivity index (χ4n) is 1.88. The van der Waals surface area contributed by atoms with Crippen LogP contribution in [-0.4, -0.2) is 17.2 Å². The van der Waals surface area contributed by atoms with Gasteiger partial charge in [-0.25, -0.2) is 4.79 Å². The molecule has 0 bridgehead atoms. The summed E-state index contributed by atoms with van der Waals surface area (Å²) in [5, 5.41) is 11.4. The van der Waals surface area contributed by atoms with Crippen LogP contribution in [0.25, 0.3) is 0 Å². The number of benzene rings is 2. The van der Waals surface area contributed by atoms with Crippen molar-refractivity contribution in [3.8, 4) is 0 Å². The van der Waals surface area contributed by atoms with Gasteiger partial charge < -0.3 is 9.84 Å². The molecule has 0 radical (unpaired) electrons. The predicted octanol–water partition coefficient (Wildman–Crippen LogP) is 3.82. The van der Waals surface area contributed by atoms with Gasteiger partial charge in [-0.2, -0.15) is 0 Å². The number of hydrogen-bond donors (Lipinski definition) is 2. The van der Waals surface area contributed by atoms with Crippen molar-refractivity contribution < 1.29 is 19.4 Å². The molecule has 0 unspecified atom stereocenters. The van der Waals surface area contributed by atoms with E-state index < -0.39 is 12.1 Å². The first-order chi connectivity index (χ1) is 10.5. The Hall–Kier alpha value is -2.34. The molecular weight excluding hydrogens is 350 g/mol. The molecule has 0 saturated heterocycles. The largest absolute Gasteiger partial charge is 0.481 e. The Labute approximate surface area is 136 Å². The Kier molecular flexibility index (Phi) is 5.55. The number of halogens is 1. The molecule has 0 fully saturated rings. The molecular formula is C16H14BrNO4. The summed E-state index contributed by atoms with van der Waals surface area (Å²) >= 11 is 3.28. The highest BCUT2D eigenvalue weighted by molar-refractivity contribution is 9.10. The minimum atomic E-state index is -0.935. The molecule has 0 atom stereocenters. The van der Waals surface area contributed by atoms with Gasteiger partial charge in [0.2, 0.25) is 0 Å². The maximum atomic E-state index is 11.8. The van der Waals surface area contributed by atoms with Gasteiger partial charge in [-0.1, -0.05) is 46.3 Å². The summed E-state index contributed by atoms with van der Waals surface area (Å²) in [6.45, 7) is 0.169. The molecule has 0 aromatic heterocycles. The molecule has 2 N–H and O–H groups in total. The van der Waals surface area contributed by atoms with Crippen LogP contribution < -0.4 is 5.32 Å². The zero-order valence-electron chi connectivity index (χ0n) is 11.6. The lowest BCUT2D eigenvalue weighted by molar-refractivity contribution is -0.136. The zero-order chi connectivity index (χ0) is 15.9. The van der Waals surface area contributed by atoms with Crippen LogP contribution in [0, 0.1) is 0 Å². The third-order valence-corrected chi connectivity index (χ3v) is 3.23. The SMILES string of the molecule is O=C(O)Cc1cc(Br)cc(NC(=O)OCc2ccccc2)c1. The highest BCUT2D eigenvalue weighted by Gasteiger charge is 2.08. The van der Waals surface area contributed by atoms with Gasteiger partial charge in [0.05, 0.1) is 6.42 Å². The van der Waals surface area contributed by atoms with Gasteiger partial charge in [-0.15, -0.1) is 0 Å². The van der Waals surface area contributed by atoms with Gasteiger partial charge in [-0.3, -0.25) is 10.1 Å². The Morgan fingerprint density at radius 1 is 1.09 bits per heavy atom. The van der Waals surface area contributed by atoms with Crippen molar-refractivity contribution >= 4 is 33.7 Å². The topological polar surface area (TPSA) is 75.6 Å². The molecule has 0 aliphatic rings.